The minimum atomic E-state index is -0.126. The van der Waals surface area contributed by atoms with E-state index in [1.54, 1.807) is 0 Å². The molecule has 5 heteroatoms. The number of anilines is 1. The monoisotopic (exact) mass is 295 g/mol. The topological polar surface area (TPSA) is 49.2 Å². The number of aliphatic hydroxyl groups excluding tert-OH is 1. The summed E-state index contributed by atoms with van der Waals surface area (Å²) < 4.78 is 0. The minimum absolute atomic E-state index is 0.126. The van der Waals surface area contributed by atoms with Gasteiger partial charge in [-0.25, -0.2) is 9.97 Å². The van der Waals surface area contributed by atoms with E-state index in [2.05, 4.69) is 16.9 Å². The van der Waals surface area contributed by atoms with Crippen LogP contribution in [-0.2, 0) is 0 Å². The molecule has 0 unspecified atom stereocenters. The van der Waals surface area contributed by atoms with Crippen LogP contribution in [0.3, 0.4) is 0 Å². The van der Waals surface area contributed by atoms with Gasteiger partial charge in [0.05, 0.1) is 6.10 Å². The van der Waals surface area contributed by atoms with Crippen LogP contribution in [0.15, 0.2) is 6.07 Å². The molecule has 0 atom stereocenters. The molecule has 2 fully saturated rings. The molecule has 0 spiro atoms. The summed E-state index contributed by atoms with van der Waals surface area (Å²) >= 11 is 6.16. The van der Waals surface area contributed by atoms with Crippen molar-refractivity contribution in [3.63, 3.8) is 0 Å². The number of aliphatic hydroxyl groups is 1. The average Bonchev–Trinajstić information content (AvgIpc) is 2.36. The van der Waals surface area contributed by atoms with Gasteiger partial charge >= 0.3 is 0 Å². The third kappa shape index (κ3) is 2.91. The first-order valence-corrected chi connectivity index (χ1v) is 7.96. The molecule has 110 valence electrons. The summed E-state index contributed by atoms with van der Waals surface area (Å²) in [4.78, 5) is 11.3. The molecule has 2 aliphatic rings. The Hall–Kier alpha value is -0.870. The van der Waals surface area contributed by atoms with E-state index in [-0.39, 0.29) is 6.10 Å². The summed E-state index contributed by atoms with van der Waals surface area (Å²) in [5.41, 5.74) is 0. The smallest absolute Gasteiger partial charge is 0.135 e. The van der Waals surface area contributed by atoms with Crippen LogP contribution in [-0.4, -0.2) is 34.3 Å². The molecule has 2 saturated carbocycles. The molecule has 0 aromatic carbocycles. The lowest BCUT2D eigenvalue weighted by atomic mass is 9.85. The minimum Gasteiger partial charge on any atom is -0.393 e. The van der Waals surface area contributed by atoms with Gasteiger partial charge in [0.25, 0.3) is 0 Å². The third-order valence-corrected chi connectivity index (χ3v) is 4.94. The SMILES string of the molecule is CN(c1cc(Cl)nc(C2CCC2)n1)C1CCC(O)CC1. The zero-order valence-electron chi connectivity index (χ0n) is 11.9. The van der Waals surface area contributed by atoms with Crippen molar-refractivity contribution < 1.29 is 5.11 Å². The number of nitrogens with zero attached hydrogens (tertiary/aromatic N) is 3. The molecule has 4 nitrogen and oxygen atoms in total. The third-order valence-electron chi connectivity index (χ3n) is 4.74. The van der Waals surface area contributed by atoms with Gasteiger partial charge in [-0.1, -0.05) is 18.0 Å². The van der Waals surface area contributed by atoms with Crippen molar-refractivity contribution >= 4 is 17.4 Å². The first-order valence-electron chi connectivity index (χ1n) is 7.59. The van der Waals surface area contributed by atoms with E-state index in [4.69, 9.17) is 16.6 Å². The number of halogens is 1. The van der Waals surface area contributed by atoms with Crippen LogP contribution in [0.2, 0.25) is 5.15 Å². The lowest BCUT2D eigenvalue weighted by Gasteiger charge is -2.34. The Labute approximate surface area is 125 Å². The van der Waals surface area contributed by atoms with E-state index in [1.165, 1.54) is 19.3 Å². The van der Waals surface area contributed by atoms with Gasteiger partial charge in [-0.15, -0.1) is 0 Å². The fourth-order valence-corrected chi connectivity index (χ4v) is 3.27. The highest BCUT2D eigenvalue weighted by Crippen LogP contribution is 2.36. The van der Waals surface area contributed by atoms with Crippen LogP contribution in [0, 0.1) is 0 Å². The largest absolute Gasteiger partial charge is 0.393 e. The van der Waals surface area contributed by atoms with Gasteiger partial charge in [0.1, 0.15) is 16.8 Å². The Bertz CT molecular complexity index is 470. The van der Waals surface area contributed by atoms with Gasteiger partial charge in [0.15, 0.2) is 0 Å². The van der Waals surface area contributed by atoms with Crippen molar-refractivity contribution in [1.82, 2.24) is 9.97 Å². The summed E-state index contributed by atoms with van der Waals surface area (Å²) in [5, 5.41) is 10.2. The van der Waals surface area contributed by atoms with Gasteiger partial charge in [0, 0.05) is 25.1 Å². The predicted octanol–water partition coefficient (Wildman–Crippen LogP) is 3.14. The second kappa shape index (κ2) is 5.86. The van der Waals surface area contributed by atoms with E-state index >= 15 is 0 Å². The van der Waals surface area contributed by atoms with Crippen LogP contribution in [0.5, 0.6) is 0 Å². The lowest BCUT2D eigenvalue weighted by molar-refractivity contribution is 0.122. The fraction of sp³-hybridized carbons (Fsp3) is 0.733. The Morgan fingerprint density at radius 1 is 1.15 bits per heavy atom. The second-order valence-corrected chi connectivity index (χ2v) is 6.50. The van der Waals surface area contributed by atoms with Crippen molar-refractivity contribution in [1.29, 1.82) is 0 Å². The van der Waals surface area contributed by atoms with Gasteiger partial charge < -0.3 is 10.0 Å². The van der Waals surface area contributed by atoms with Crippen molar-refractivity contribution in [2.75, 3.05) is 11.9 Å². The molecule has 1 N–H and O–H groups in total. The maximum atomic E-state index is 9.61. The van der Waals surface area contributed by atoms with E-state index in [1.807, 2.05) is 6.07 Å². The fourth-order valence-electron chi connectivity index (χ4n) is 3.09. The van der Waals surface area contributed by atoms with Gasteiger partial charge in [-0.3, -0.25) is 0 Å². The van der Waals surface area contributed by atoms with E-state index < -0.39 is 0 Å². The predicted molar refractivity (Wildman–Crippen MR) is 80.3 cm³/mol. The van der Waals surface area contributed by atoms with Crippen LogP contribution in [0.4, 0.5) is 5.82 Å². The number of hydrogen-bond donors (Lipinski definition) is 1. The molecule has 2 aliphatic carbocycles. The Morgan fingerprint density at radius 3 is 2.45 bits per heavy atom. The summed E-state index contributed by atoms with van der Waals surface area (Å²) in [6.45, 7) is 0. The van der Waals surface area contributed by atoms with E-state index in [0.717, 1.165) is 37.3 Å². The molecule has 1 aromatic heterocycles. The molecule has 0 saturated heterocycles. The average molecular weight is 296 g/mol. The molecule has 0 bridgehead atoms. The van der Waals surface area contributed by atoms with Gasteiger partial charge in [0.2, 0.25) is 0 Å². The van der Waals surface area contributed by atoms with Crippen LogP contribution in [0.25, 0.3) is 0 Å². The van der Waals surface area contributed by atoms with Crippen molar-refractivity contribution in [2.45, 2.75) is 63.0 Å². The molecular formula is C15H22ClN3O. The van der Waals surface area contributed by atoms with E-state index in [9.17, 15) is 5.11 Å². The first kappa shape index (κ1) is 14.1. The zero-order chi connectivity index (χ0) is 14.1. The van der Waals surface area contributed by atoms with Crippen molar-refractivity contribution in [3.8, 4) is 0 Å². The van der Waals surface area contributed by atoms with Crippen molar-refractivity contribution in [2.24, 2.45) is 0 Å². The zero-order valence-corrected chi connectivity index (χ0v) is 12.7. The number of aromatic nitrogens is 2. The molecule has 0 amide bonds. The Balaban J connectivity index is 1.76. The molecule has 3 rings (SSSR count). The summed E-state index contributed by atoms with van der Waals surface area (Å²) in [7, 11) is 2.07. The number of rotatable bonds is 3. The maximum absolute atomic E-state index is 9.61. The quantitative estimate of drug-likeness (QED) is 0.870. The van der Waals surface area contributed by atoms with Gasteiger partial charge in [-0.2, -0.15) is 0 Å². The molecule has 1 aromatic rings. The van der Waals surface area contributed by atoms with Crippen LogP contribution >= 0.6 is 11.6 Å². The Kier molecular flexibility index (Phi) is 4.13. The number of hydrogen-bond acceptors (Lipinski definition) is 4. The normalized spacial score (nSPS) is 27.1. The lowest BCUT2D eigenvalue weighted by Crippen LogP contribution is -2.37. The molecule has 0 radical (unpaired) electrons. The van der Waals surface area contributed by atoms with Crippen LogP contribution < -0.4 is 4.90 Å². The highest BCUT2D eigenvalue weighted by atomic mass is 35.5. The highest BCUT2D eigenvalue weighted by molar-refractivity contribution is 6.29. The van der Waals surface area contributed by atoms with Crippen LogP contribution in [0.1, 0.15) is 56.7 Å². The Morgan fingerprint density at radius 2 is 1.85 bits per heavy atom. The molecule has 20 heavy (non-hydrogen) atoms. The standard InChI is InChI=1S/C15H22ClN3O/c1-19(11-5-7-12(20)8-6-11)14-9-13(16)17-15(18-14)10-3-2-4-10/h9-12,20H,2-8H2,1H3. The summed E-state index contributed by atoms with van der Waals surface area (Å²) in [6, 6.07) is 2.30. The highest BCUT2D eigenvalue weighted by Gasteiger charge is 2.26. The van der Waals surface area contributed by atoms with Gasteiger partial charge in [-0.05, 0) is 38.5 Å². The summed E-state index contributed by atoms with van der Waals surface area (Å²) in [6.07, 6.45) is 7.28. The maximum Gasteiger partial charge on any atom is 0.135 e. The van der Waals surface area contributed by atoms with E-state index in [0.29, 0.717) is 17.1 Å². The summed E-state index contributed by atoms with van der Waals surface area (Å²) in [5.74, 6) is 2.32. The van der Waals surface area contributed by atoms with Crippen molar-refractivity contribution in [3.05, 3.63) is 17.0 Å². The molecular weight excluding hydrogens is 274 g/mol. The second-order valence-electron chi connectivity index (χ2n) is 6.11. The first-order chi connectivity index (χ1) is 9.63. The molecule has 0 aliphatic heterocycles. The molecule has 1 heterocycles.